The van der Waals surface area contributed by atoms with Gasteiger partial charge in [0.1, 0.15) is 22.8 Å². The molecule has 0 unspecified atom stereocenters. The molecule has 0 spiro atoms. The van der Waals surface area contributed by atoms with Crippen molar-refractivity contribution in [2.24, 2.45) is 0 Å². The molecule has 0 atom stereocenters. The Bertz CT molecular complexity index is 1360. The fourth-order valence-corrected chi connectivity index (χ4v) is 4.25. The normalized spacial score (nSPS) is 14.5. The van der Waals surface area contributed by atoms with Gasteiger partial charge in [0.25, 0.3) is 0 Å². The van der Waals surface area contributed by atoms with Gasteiger partial charge in [0.05, 0.1) is 45.9 Å². The van der Waals surface area contributed by atoms with Crippen molar-refractivity contribution in [3.8, 4) is 11.3 Å². The third-order valence-corrected chi connectivity index (χ3v) is 5.94. The van der Waals surface area contributed by atoms with Crippen molar-refractivity contribution in [1.29, 1.82) is 0 Å². The average Bonchev–Trinajstić information content (AvgIpc) is 3.40. The monoisotopic (exact) mass is 511 g/mol. The molecule has 1 aliphatic rings. The van der Waals surface area contributed by atoms with Gasteiger partial charge in [0.2, 0.25) is 0 Å². The first-order valence-electron chi connectivity index (χ1n) is 12.5. The Balaban J connectivity index is 1.85. The van der Waals surface area contributed by atoms with Crippen LogP contribution in [0.5, 0.6) is 0 Å². The molecule has 0 saturated heterocycles. The molecule has 4 rings (SSSR count). The second kappa shape index (κ2) is 9.64. The molecule has 1 aliphatic carbocycles. The molecule has 198 valence electrons. The number of aromatic amines is 1. The van der Waals surface area contributed by atoms with Crippen molar-refractivity contribution in [2.75, 3.05) is 11.9 Å². The summed E-state index contributed by atoms with van der Waals surface area (Å²) in [5.41, 5.74) is 1.22. The minimum absolute atomic E-state index is 0.101. The average molecular weight is 512 g/mol. The molecular formula is C27H34FN5O4. The molecule has 3 aromatic rings. The highest BCUT2D eigenvalue weighted by Crippen LogP contribution is 2.48. The van der Waals surface area contributed by atoms with E-state index < -0.39 is 29.0 Å². The van der Waals surface area contributed by atoms with Gasteiger partial charge in [-0.2, -0.15) is 0 Å². The van der Waals surface area contributed by atoms with Crippen molar-refractivity contribution >= 4 is 28.9 Å². The second-order valence-electron chi connectivity index (χ2n) is 10.6. The number of carbonyl (C=O) groups is 2. The Morgan fingerprint density at radius 3 is 2.51 bits per heavy atom. The number of H-pyrrole nitrogens is 1. The zero-order valence-electron chi connectivity index (χ0n) is 22.3. The van der Waals surface area contributed by atoms with Crippen molar-refractivity contribution in [2.45, 2.75) is 78.5 Å². The van der Waals surface area contributed by atoms with Crippen molar-refractivity contribution in [3.05, 3.63) is 41.0 Å². The third-order valence-electron chi connectivity index (χ3n) is 5.94. The summed E-state index contributed by atoms with van der Waals surface area (Å²) in [6.45, 7) is 13.0. The van der Waals surface area contributed by atoms with Gasteiger partial charge in [0.15, 0.2) is 0 Å². The van der Waals surface area contributed by atoms with Crippen LogP contribution in [-0.4, -0.2) is 45.3 Å². The standard InChI is InChI=1S/C27H34FN5O4/c1-8-36-24(34)16-13-19(31-22(16)27(11-12-27)33-25(35)37-26(5,6)7)20-17(28)9-10-18-21(20)32-23(15(4)30-18)29-14(2)3/h9-10,13-14,31H,8,11-12H2,1-7H3,(H,29,32)(H,33,35). The maximum absolute atomic E-state index is 15.4. The van der Waals surface area contributed by atoms with Crippen LogP contribution in [0.4, 0.5) is 15.0 Å². The summed E-state index contributed by atoms with van der Waals surface area (Å²) >= 11 is 0. The Hall–Kier alpha value is -3.69. The highest BCUT2D eigenvalue weighted by molar-refractivity contribution is 5.97. The number of nitrogens with one attached hydrogen (secondary N) is 3. The molecule has 1 fully saturated rings. The van der Waals surface area contributed by atoms with E-state index in [9.17, 15) is 9.59 Å². The lowest BCUT2D eigenvalue weighted by Crippen LogP contribution is -2.40. The fourth-order valence-electron chi connectivity index (χ4n) is 4.25. The topological polar surface area (TPSA) is 118 Å². The van der Waals surface area contributed by atoms with Crippen molar-refractivity contribution < 1.29 is 23.5 Å². The summed E-state index contributed by atoms with van der Waals surface area (Å²) < 4.78 is 26.1. The largest absolute Gasteiger partial charge is 0.462 e. The number of carbonyl (C=O) groups excluding carboxylic acids is 2. The minimum Gasteiger partial charge on any atom is -0.462 e. The SMILES string of the molecule is CCOC(=O)c1cc(-c2c(F)ccc3nc(C)c(NC(C)C)nc23)[nH]c1C1(NC(=O)OC(C)(C)C)CC1. The molecular weight excluding hydrogens is 477 g/mol. The molecule has 2 heterocycles. The fraction of sp³-hybridized carbons (Fsp3) is 0.481. The number of nitrogens with zero attached hydrogens (tertiary/aromatic N) is 2. The van der Waals surface area contributed by atoms with E-state index in [0.717, 1.165) is 0 Å². The molecule has 37 heavy (non-hydrogen) atoms. The second-order valence-corrected chi connectivity index (χ2v) is 10.6. The quantitative estimate of drug-likeness (QED) is 0.354. The predicted octanol–water partition coefficient (Wildman–Crippen LogP) is 5.58. The van der Waals surface area contributed by atoms with Gasteiger partial charge in [-0.05, 0) is 79.5 Å². The maximum atomic E-state index is 15.4. The van der Waals surface area contributed by atoms with Gasteiger partial charge in [-0.25, -0.2) is 23.9 Å². The van der Waals surface area contributed by atoms with E-state index in [4.69, 9.17) is 14.5 Å². The zero-order chi connectivity index (χ0) is 27.1. The number of hydrogen-bond acceptors (Lipinski definition) is 7. The van der Waals surface area contributed by atoms with E-state index in [2.05, 4.69) is 20.6 Å². The summed E-state index contributed by atoms with van der Waals surface area (Å²) in [6, 6.07) is 4.57. The molecule has 0 radical (unpaired) electrons. The van der Waals surface area contributed by atoms with Crippen LogP contribution in [0.15, 0.2) is 18.2 Å². The lowest BCUT2D eigenvalue weighted by molar-refractivity contribution is 0.0478. The van der Waals surface area contributed by atoms with Crippen LogP contribution in [-0.2, 0) is 15.0 Å². The maximum Gasteiger partial charge on any atom is 0.408 e. The Morgan fingerprint density at radius 2 is 1.92 bits per heavy atom. The Kier molecular flexibility index (Phi) is 6.87. The molecule has 2 aromatic heterocycles. The van der Waals surface area contributed by atoms with E-state index >= 15 is 4.39 Å². The number of halogens is 1. The van der Waals surface area contributed by atoms with Crippen LogP contribution < -0.4 is 10.6 Å². The van der Waals surface area contributed by atoms with E-state index in [1.807, 2.05) is 20.8 Å². The Morgan fingerprint density at radius 1 is 1.22 bits per heavy atom. The number of aromatic nitrogens is 3. The molecule has 10 heteroatoms. The number of benzene rings is 1. The molecule has 1 saturated carbocycles. The minimum atomic E-state index is -0.851. The van der Waals surface area contributed by atoms with Gasteiger partial charge >= 0.3 is 12.1 Å². The zero-order valence-corrected chi connectivity index (χ0v) is 22.3. The first-order valence-corrected chi connectivity index (χ1v) is 12.5. The van der Waals surface area contributed by atoms with E-state index in [0.29, 0.717) is 46.8 Å². The number of anilines is 1. The van der Waals surface area contributed by atoms with Crippen LogP contribution in [0.1, 0.15) is 76.1 Å². The summed E-state index contributed by atoms with van der Waals surface area (Å²) in [6.07, 6.45) is 0.564. The highest BCUT2D eigenvalue weighted by Gasteiger charge is 2.50. The third kappa shape index (κ3) is 5.52. The van der Waals surface area contributed by atoms with Gasteiger partial charge in [-0.1, -0.05) is 0 Å². The lowest BCUT2D eigenvalue weighted by atomic mass is 10.1. The number of fused-ring (bicyclic) bond motifs is 1. The molecule has 0 aliphatic heterocycles. The number of esters is 1. The van der Waals surface area contributed by atoms with Crippen LogP contribution in [0.2, 0.25) is 0 Å². The van der Waals surface area contributed by atoms with E-state index in [1.54, 1.807) is 39.8 Å². The smallest absolute Gasteiger partial charge is 0.408 e. The molecule has 3 N–H and O–H groups in total. The van der Waals surface area contributed by atoms with Gasteiger partial charge < -0.3 is 25.1 Å². The van der Waals surface area contributed by atoms with Gasteiger partial charge in [-0.3, -0.25) is 0 Å². The summed E-state index contributed by atoms with van der Waals surface area (Å²) in [4.78, 5) is 38.1. The summed E-state index contributed by atoms with van der Waals surface area (Å²) in [7, 11) is 0. The predicted molar refractivity (Wildman–Crippen MR) is 139 cm³/mol. The van der Waals surface area contributed by atoms with Crippen LogP contribution in [0.25, 0.3) is 22.3 Å². The summed E-state index contributed by atoms with van der Waals surface area (Å²) in [5.74, 6) is -0.534. The number of ether oxygens (including phenoxy) is 2. The number of amides is 1. The van der Waals surface area contributed by atoms with E-state index in [-0.39, 0.29) is 23.8 Å². The first kappa shape index (κ1) is 26.4. The molecule has 1 aromatic carbocycles. The molecule has 1 amide bonds. The van der Waals surface area contributed by atoms with Gasteiger partial charge in [0, 0.05) is 6.04 Å². The van der Waals surface area contributed by atoms with Crippen molar-refractivity contribution in [1.82, 2.24) is 20.3 Å². The van der Waals surface area contributed by atoms with Crippen LogP contribution in [0, 0.1) is 12.7 Å². The van der Waals surface area contributed by atoms with Crippen LogP contribution in [0.3, 0.4) is 0 Å². The van der Waals surface area contributed by atoms with Gasteiger partial charge in [-0.15, -0.1) is 0 Å². The Labute approximate surface area is 215 Å². The highest BCUT2D eigenvalue weighted by atomic mass is 19.1. The number of rotatable bonds is 7. The van der Waals surface area contributed by atoms with Crippen molar-refractivity contribution in [3.63, 3.8) is 0 Å². The molecule has 0 bridgehead atoms. The summed E-state index contributed by atoms with van der Waals surface area (Å²) in [5, 5.41) is 6.15. The number of alkyl carbamates (subject to hydrolysis) is 1. The van der Waals surface area contributed by atoms with E-state index in [1.165, 1.54) is 6.07 Å². The van der Waals surface area contributed by atoms with Crippen LogP contribution >= 0.6 is 0 Å². The molecule has 9 nitrogen and oxygen atoms in total. The lowest BCUT2D eigenvalue weighted by Gasteiger charge is -2.23. The number of hydrogen-bond donors (Lipinski definition) is 3. The first-order chi connectivity index (χ1) is 17.3. The number of aryl methyl sites for hydroxylation is 1.